The molecular formula is C22H22ClFN6. The van der Waals surface area contributed by atoms with Crippen molar-refractivity contribution in [3.05, 3.63) is 47.5 Å². The number of fused-ring (bicyclic) bond motifs is 2. The third-order valence-corrected chi connectivity index (χ3v) is 6.14. The quantitative estimate of drug-likeness (QED) is 0.495. The monoisotopic (exact) mass is 424 g/mol. The number of aryl methyl sites for hydroxylation is 1. The van der Waals surface area contributed by atoms with Crippen LogP contribution in [-0.4, -0.2) is 57.9 Å². The molecule has 3 aromatic heterocycles. The topological polar surface area (TPSA) is 50.1 Å². The van der Waals surface area contributed by atoms with Crippen molar-refractivity contribution in [2.24, 2.45) is 7.05 Å². The second kappa shape index (κ2) is 7.18. The summed E-state index contributed by atoms with van der Waals surface area (Å²) in [4.78, 5) is 13.8. The van der Waals surface area contributed by atoms with Gasteiger partial charge in [0.2, 0.25) is 0 Å². The van der Waals surface area contributed by atoms with E-state index in [1.807, 2.05) is 18.3 Å². The smallest absolute Gasteiger partial charge is 0.161 e. The Bertz CT molecular complexity index is 1270. The lowest BCUT2D eigenvalue weighted by Gasteiger charge is -2.21. The minimum Gasteiger partial charge on any atom is -0.369 e. The van der Waals surface area contributed by atoms with Gasteiger partial charge in [0.05, 0.1) is 22.6 Å². The van der Waals surface area contributed by atoms with Crippen LogP contribution in [0.3, 0.4) is 0 Å². The van der Waals surface area contributed by atoms with Gasteiger partial charge in [0.15, 0.2) is 11.5 Å². The first-order valence-electron chi connectivity index (χ1n) is 9.90. The van der Waals surface area contributed by atoms with Crippen molar-refractivity contribution >= 4 is 39.2 Å². The molecular weight excluding hydrogens is 403 g/mol. The SMILES string of the molecule is CN(C)C1CCN(c2cnc3nc(-c4cc(F)c5nn(C)cc5c4)cc(Cl)c3c2)C1. The predicted octanol–water partition coefficient (Wildman–Crippen LogP) is 4.12. The lowest BCUT2D eigenvalue weighted by atomic mass is 10.1. The largest absolute Gasteiger partial charge is 0.369 e. The fourth-order valence-electron chi connectivity index (χ4n) is 4.13. The second-order valence-electron chi connectivity index (χ2n) is 8.10. The molecule has 1 atom stereocenters. The molecule has 8 heteroatoms. The Morgan fingerprint density at radius 3 is 2.80 bits per heavy atom. The van der Waals surface area contributed by atoms with E-state index in [9.17, 15) is 4.39 Å². The molecule has 0 spiro atoms. The number of aromatic nitrogens is 4. The summed E-state index contributed by atoms with van der Waals surface area (Å²) in [6, 6.07) is 7.67. The van der Waals surface area contributed by atoms with Crippen molar-refractivity contribution in [1.82, 2.24) is 24.6 Å². The highest BCUT2D eigenvalue weighted by Crippen LogP contribution is 2.32. The Balaban J connectivity index is 1.53. The molecule has 1 aliphatic heterocycles. The Morgan fingerprint density at radius 2 is 2.03 bits per heavy atom. The first-order valence-corrected chi connectivity index (χ1v) is 10.3. The molecule has 0 radical (unpaired) electrons. The maximum absolute atomic E-state index is 14.5. The van der Waals surface area contributed by atoms with Crippen LogP contribution in [0.2, 0.25) is 5.02 Å². The molecule has 4 aromatic rings. The number of rotatable bonds is 3. The number of hydrogen-bond donors (Lipinski definition) is 0. The van der Waals surface area contributed by atoms with Crippen LogP contribution in [0.4, 0.5) is 10.1 Å². The van der Waals surface area contributed by atoms with Crippen LogP contribution in [0, 0.1) is 5.82 Å². The summed E-state index contributed by atoms with van der Waals surface area (Å²) in [5.41, 5.74) is 3.18. The van der Waals surface area contributed by atoms with Gasteiger partial charge in [-0.25, -0.2) is 14.4 Å². The summed E-state index contributed by atoms with van der Waals surface area (Å²) in [7, 11) is 5.99. The molecule has 5 rings (SSSR count). The molecule has 154 valence electrons. The molecule has 1 fully saturated rings. The van der Waals surface area contributed by atoms with E-state index in [0.717, 1.165) is 36.0 Å². The van der Waals surface area contributed by atoms with Gasteiger partial charge in [-0.05, 0) is 44.8 Å². The summed E-state index contributed by atoms with van der Waals surface area (Å²) in [6.45, 7) is 1.96. The zero-order valence-electron chi connectivity index (χ0n) is 17.1. The highest BCUT2D eigenvalue weighted by atomic mass is 35.5. The summed E-state index contributed by atoms with van der Waals surface area (Å²) < 4.78 is 16.1. The summed E-state index contributed by atoms with van der Waals surface area (Å²) in [5.74, 6) is -0.381. The molecule has 0 aliphatic carbocycles. The van der Waals surface area contributed by atoms with Crippen LogP contribution in [0.1, 0.15) is 6.42 Å². The number of hydrogen-bond acceptors (Lipinski definition) is 5. The Kier molecular flexibility index (Phi) is 4.60. The van der Waals surface area contributed by atoms with Gasteiger partial charge in [-0.3, -0.25) is 4.68 Å². The molecule has 0 amide bonds. The minimum atomic E-state index is -0.381. The fourth-order valence-corrected chi connectivity index (χ4v) is 4.38. The molecule has 0 saturated carbocycles. The van der Waals surface area contributed by atoms with Gasteiger partial charge in [-0.1, -0.05) is 11.6 Å². The van der Waals surface area contributed by atoms with E-state index in [2.05, 4.69) is 39.0 Å². The molecule has 1 aromatic carbocycles. The average molecular weight is 425 g/mol. The van der Waals surface area contributed by atoms with Crippen molar-refractivity contribution in [1.29, 1.82) is 0 Å². The normalized spacial score (nSPS) is 17.0. The lowest BCUT2D eigenvalue weighted by Crippen LogP contribution is -2.31. The summed E-state index contributed by atoms with van der Waals surface area (Å²) >= 11 is 6.62. The number of nitrogens with zero attached hydrogens (tertiary/aromatic N) is 6. The Morgan fingerprint density at radius 1 is 1.20 bits per heavy atom. The van der Waals surface area contributed by atoms with Gasteiger partial charge in [0.1, 0.15) is 5.52 Å². The zero-order valence-corrected chi connectivity index (χ0v) is 17.9. The van der Waals surface area contributed by atoms with Crippen molar-refractivity contribution in [2.45, 2.75) is 12.5 Å². The Hall–Kier alpha value is -2.77. The first kappa shape index (κ1) is 19.2. The molecule has 30 heavy (non-hydrogen) atoms. The molecule has 1 saturated heterocycles. The number of pyridine rings is 2. The van der Waals surface area contributed by atoms with E-state index in [1.165, 1.54) is 6.07 Å². The minimum absolute atomic E-state index is 0.345. The van der Waals surface area contributed by atoms with E-state index in [-0.39, 0.29) is 5.82 Å². The van der Waals surface area contributed by atoms with Crippen LogP contribution in [-0.2, 0) is 7.05 Å². The molecule has 0 N–H and O–H groups in total. The van der Waals surface area contributed by atoms with Gasteiger partial charge in [-0.15, -0.1) is 0 Å². The highest BCUT2D eigenvalue weighted by Gasteiger charge is 2.24. The fraction of sp³-hybridized carbons (Fsp3) is 0.318. The van der Waals surface area contributed by atoms with Gasteiger partial charge in [0, 0.05) is 48.7 Å². The summed E-state index contributed by atoms with van der Waals surface area (Å²) in [6.07, 6.45) is 4.75. The maximum atomic E-state index is 14.5. The third kappa shape index (κ3) is 3.28. The molecule has 6 nitrogen and oxygen atoms in total. The van der Waals surface area contributed by atoms with Gasteiger partial charge >= 0.3 is 0 Å². The van der Waals surface area contributed by atoms with Crippen LogP contribution in [0.5, 0.6) is 0 Å². The second-order valence-corrected chi connectivity index (χ2v) is 8.51. The van der Waals surface area contributed by atoms with Gasteiger partial charge in [-0.2, -0.15) is 5.10 Å². The van der Waals surface area contributed by atoms with E-state index < -0.39 is 0 Å². The first-order chi connectivity index (χ1) is 14.4. The van der Waals surface area contributed by atoms with Crippen molar-refractivity contribution in [2.75, 3.05) is 32.1 Å². The average Bonchev–Trinajstić information content (AvgIpc) is 3.34. The zero-order chi connectivity index (χ0) is 21.0. The third-order valence-electron chi connectivity index (χ3n) is 5.83. The number of anilines is 1. The van der Waals surface area contributed by atoms with Crippen molar-refractivity contribution < 1.29 is 4.39 Å². The Labute approximate surface area is 178 Å². The van der Waals surface area contributed by atoms with Crippen LogP contribution in [0.15, 0.2) is 36.7 Å². The van der Waals surface area contributed by atoms with Gasteiger partial charge in [0.25, 0.3) is 0 Å². The van der Waals surface area contributed by atoms with E-state index >= 15 is 0 Å². The van der Waals surface area contributed by atoms with Gasteiger partial charge < -0.3 is 9.80 Å². The van der Waals surface area contributed by atoms with Crippen LogP contribution < -0.4 is 4.90 Å². The molecule has 0 bridgehead atoms. The van der Waals surface area contributed by atoms with E-state index in [0.29, 0.717) is 33.5 Å². The lowest BCUT2D eigenvalue weighted by molar-refractivity contribution is 0.315. The van der Waals surface area contributed by atoms with Crippen LogP contribution >= 0.6 is 11.6 Å². The van der Waals surface area contributed by atoms with E-state index in [1.54, 1.807) is 24.0 Å². The number of halogens is 2. The maximum Gasteiger partial charge on any atom is 0.161 e. The number of benzene rings is 1. The highest BCUT2D eigenvalue weighted by molar-refractivity contribution is 6.35. The van der Waals surface area contributed by atoms with Crippen LogP contribution in [0.25, 0.3) is 33.2 Å². The van der Waals surface area contributed by atoms with E-state index in [4.69, 9.17) is 11.6 Å². The summed E-state index contributed by atoms with van der Waals surface area (Å²) in [5, 5.41) is 6.23. The molecule has 1 aliphatic rings. The standard InChI is InChI=1S/C22H22ClFN6/c1-28(2)15-4-5-30(12-15)16-8-17-18(23)9-20(26-22(17)25-10-16)13-6-14-11-29(3)27-21(14)19(24)7-13/h6-11,15H,4-5,12H2,1-3H3. The van der Waals surface area contributed by atoms with Crippen molar-refractivity contribution in [3.8, 4) is 11.3 Å². The molecule has 4 heterocycles. The number of likely N-dealkylation sites (N-methyl/N-ethyl adjacent to an activating group) is 1. The predicted molar refractivity (Wildman–Crippen MR) is 119 cm³/mol. The molecule has 1 unspecified atom stereocenters. The van der Waals surface area contributed by atoms with Crippen molar-refractivity contribution in [3.63, 3.8) is 0 Å².